The summed E-state index contributed by atoms with van der Waals surface area (Å²) in [6.45, 7) is 2.19. The quantitative estimate of drug-likeness (QED) is 0.779. The van der Waals surface area contributed by atoms with Crippen LogP contribution in [0.4, 0.5) is 5.69 Å². The number of piperidine rings is 1. The van der Waals surface area contributed by atoms with E-state index in [9.17, 15) is 0 Å². The summed E-state index contributed by atoms with van der Waals surface area (Å²) in [5.41, 5.74) is 10.5. The summed E-state index contributed by atoms with van der Waals surface area (Å²) in [4.78, 5) is 4.53. The van der Waals surface area contributed by atoms with Crippen molar-refractivity contribution in [3.05, 3.63) is 24.0 Å². The highest BCUT2D eigenvalue weighted by molar-refractivity contribution is 7.80. The summed E-state index contributed by atoms with van der Waals surface area (Å²) >= 11 is 4.85. The Balaban J connectivity index is 1.96. The van der Waals surface area contributed by atoms with Gasteiger partial charge >= 0.3 is 0 Å². The lowest BCUT2D eigenvalue weighted by Gasteiger charge is -2.27. The molecule has 0 bridgehead atoms. The fourth-order valence-electron chi connectivity index (χ4n) is 1.79. The molecule has 5 heteroatoms. The van der Waals surface area contributed by atoms with Gasteiger partial charge in [0.25, 0.3) is 0 Å². The molecule has 86 valence electrons. The lowest BCUT2D eigenvalue weighted by atomic mass is 10.2. The monoisotopic (exact) mass is 236 g/mol. The van der Waals surface area contributed by atoms with Gasteiger partial charge in [0.05, 0.1) is 17.6 Å². The molecule has 4 nitrogen and oxygen atoms in total. The molecule has 1 aliphatic rings. The van der Waals surface area contributed by atoms with Crippen LogP contribution in [0.15, 0.2) is 18.3 Å². The average Bonchev–Trinajstić information content (AvgIpc) is 2.31. The van der Waals surface area contributed by atoms with Crippen molar-refractivity contribution >= 4 is 22.9 Å². The van der Waals surface area contributed by atoms with Crippen molar-refractivity contribution < 1.29 is 0 Å². The minimum atomic E-state index is 0.338. The van der Waals surface area contributed by atoms with Gasteiger partial charge in [0, 0.05) is 13.1 Å². The SMILES string of the molecule is NC(=S)c1ccc(NN2CCCCC2)cn1. The maximum atomic E-state index is 5.49. The van der Waals surface area contributed by atoms with E-state index in [1.807, 2.05) is 12.1 Å². The summed E-state index contributed by atoms with van der Waals surface area (Å²) in [5.74, 6) is 0. The minimum absolute atomic E-state index is 0.338. The predicted molar refractivity (Wildman–Crippen MR) is 69.2 cm³/mol. The molecule has 0 radical (unpaired) electrons. The minimum Gasteiger partial charge on any atom is -0.388 e. The van der Waals surface area contributed by atoms with Crippen molar-refractivity contribution in [2.24, 2.45) is 5.73 Å². The fraction of sp³-hybridized carbons (Fsp3) is 0.455. The van der Waals surface area contributed by atoms with E-state index in [1.165, 1.54) is 19.3 Å². The molecule has 2 heterocycles. The van der Waals surface area contributed by atoms with Gasteiger partial charge in [-0.15, -0.1) is 0 Å². The fourth-order valence-corrected chi connectivity index (χ4v) is 1.91. The molecule has 0 atom stereocenters. The molecule has 1 aromatic heterocycles. The third-order valence-corrected chi connectivity index (χ3v) is 2.87. The molecule has 0 spiro atoms. The van der Waals surface area contributed by atoms with Crippen LogP contribution < -0.4 is 11.2 Å². The smallest absolute Gasteiger partial charge is 0.122 e. The van der Waals surface area contributed by atoms with Crippen LogP contribution in [-0.4, -0.2) is 28.1 Å². The molecule has 0 aliphatic carbocycles. The molecule has 0 unspecified atom stereocenters. The van der Waals surface area contributed by atoms with Crippen molar-refractivity contribution in [1.29, 1.82) is 0 Å². The molecule has 1 saturated heterocycles. The van der Waals surface area contributed by atoms with Crippen LogP contribution >= 0.6 is 12.2 Å². The van der Waals surface area contributed by atoms with Gasteiger partial charge in [-0.05, 0) is 25.0 Å². The van der Waals surface area contributed by atoms with E-state index in [-0.39, 0.29) is 0 Å². The Morgan fingerprint density at radius 3 is 2.62 bits per heavy atom. The van der Waals surface area contributed by atoms with Crippen LogP contribution in [0.1, 0.15) is 25.0 Å². The van der Waals surface area contributed by atoms with Crippen LogP contribution in [0.3, 0.4) is 0 Å². The van der Waals surface area contributed by atoms with Gasteiger partial charge in [-0.2, -0.15) is 0 Å². The van der Waals surface area contributed by atoms with E-state index in [2.05, 4.69) is 15.4 Å². The standard InChI is InChI=1S/C11H16N4S/c12-11(16)10-5-4-9(8-13-10)14-15-6-2-1-3-7-15/h4-5,8,14H,1-3,6-7H2,(H2,12,16). The van der Waals surface area contributed by atoms with Gasteiger partial charge in [-0.1, -0.05) is 18.6 Å². The number of pyridine rings is 1. The number of hydrazine groups is 1. The van der Waals surface area contributed by atoms with Gasteiger partial charge in [-0.3, -0.25) is 4.98 Å². The van der Waals surface area contributed by atoms with Crippen molar-refractivity contribution in [3.8, 4) is 0 Å². The summed E-state index contributed by atoms with van der Waals surface area (Å²) in [7, 11) is 0. The van der Waals surface area contributed by atoms with Crippen LogP contribution in [0.25, 0.3) is 0 Å². The number of hydrogen-bond donors (Lipinski definition) is 2. The Bertz CT molecular complexity index is 357. The number of anilines is 1. The molecule has 1 fully saturated rings. The lowest BCUT2D eigenvalue weighted by molar-refractivity contribution is 0.273. The third kappa shape index (κ3) is 2.90. The van der Waals surface area contributed by atoms with E-state index in [1.54, 1.807) is 6.20 Å². The second kappa shape index (κ2) is 5.23. The molecule has 0 saturated carbocycles. The first-order valence-electron chi connectivity index (χ1n) is 5.53. The first-order chi connectivity index (χ1) is 7.75. The predicted octanol–water partition coefficient (Wildman–Crippen LogP) is 1.53. The zero-order chi connectivity index (χ0) is 11.4. The van der Waals surface area contributed by atoms with E-state index in [0.717, 1.165) is 18.8 Å². The Morgan fingerprint density at radius 2 is 2.06 bits per heavy atom. The van der Waals surface area contributed by atoms with Crippen molar-refractivity contribution in [2.45, 2.75) is 19.3 Å². The second-order valence-electron chi connectivity index (χ2n) is 3.96. The Morgan fingerprint density at radius 1 is 1.31 bits per heavy atom. The number of aromatic nitrogens is 1. The van der Waals surface area contributed by atoms with Gasteiger partial charge in [0.2, 0.25) is 0 Å². The Kier molecular flexibility index (Phi) is 3.69. The highest BCUT2D eigenvalue weighted by atomic mass is 32.1. The van der Waals surface area contributed by atoms with Crippen LogP contribution in [0.5, 0.6) is 0 Å². The van der Waals surface area contributed by atoms with Crippen LogP contribution in [-0.2, 0) is 0 Å². The van der Waals surface area contributed by atoms with E-state index >= 15 is 0 Å². The number of nitrogens with two attached hydrogens (primary N) is 1. The zero-order valence-corrected chi connectivity index (χ0v) is 9.96. The summed E-state index contributed by atoms with van der Waals surface area (Å²) in [5, 5.41) is 2.22. The number of nitrogens with zero attached hydrogens (tertiary/aromatic N) is 2. The number of nitrogens with one attached hydrogen (secondary N) is 1. The number of hydrogen-bond acceptors (Lipinski definition) is 4. The Labute approximate surface area is 101 Å². The first kappa shape index (κ1) is 11.3. The van der Waals surface area contributed by atoms with E-state index in [0.29, 0.717) is 10.7 Å². The maximum Gasteiger partial charge on any atom is 0.122 e. The maximum absolute atomic E-state index is 5.49. The van der Waals surface area contributed by atoms with Crippen molar-refractivity contribution in [2.75, 3.05) is 18.5 Å². The largest absolute Gasteiger partial charge is 0.388 e. The molecular weight excluding hydrogens is 220 g/mol. The molecule has 1 aliphatic heterocycles. The van der Waals surface area contributed by atoms with Crippen LogP contribution in [0.2, 0.25) is 0 Å². The van der Waals surface area contributed by atoms with Gasteiger partial charge in [0.1, 0.15) is 4.99 Å². The molecule has 2 rings (SSSR count). The Hall–Kier alpha value is -1.20. The topological polar surface area (TPSA) is 54.2 Å². The molecule has 0 aromatic carbocycles. The van der Waals surface area contributed by atoms with Crippen molar-refractivity contribution in [1.82, 2.24) is 9.99 Å². The normalized spacial score (nSPS) is 17.0. The molecular formula is C11H16N4S. The molecule has 0 amide bonds. The van der Waals surface area contributed by atoms with Crippen molar-refractivity contribution in [3.63, 3.8) is 0 Å². The summed E-state index contributed by atoms with van der Waals surface area (Å²) in [6, 6.07) is 3.80. The van der Waals surface area contributed by atoms with Crippen LogP contribution in [0, 0.1) is 0 Å². The number of thiocarbonyl (C=S) groups is 1. The summed E-state index contributed by atoms with van der Waals surface area (Å²) in [6.07, 6.45) is 5.61. The van der Waals surface area contributed by atoms with Gasteiger partial charge in [-0.25, -0.2) is 5.01 Å². The molecule has 16 heavy (non-hydrogen) atoms. The van der Waals surface area contributed by atoms with E-state index < -0.39 is 0 Å². The first-order valence-corrected chi connectivity index (χ1v) is 5.94. The highest BCUT2D eigenvalue weighted by Crippen LogP contribution is 2.12. The zero-order valence-electron chi connectivity index (χ0n) is 9.15. The third-order valence-electron chi connectivity index (χ3n) is 2.66. The second-order valence-corrected chi connectivity index (χ2v) is 4.40. The average molecular weight is 236 g/mol. The number of rotatable bonds is 3. The van der Waals surface area contributed by atoms with Gasteiger partial charge < -0.3 is 11.2 Å². The molecule has 1 aromatic rings. The summed E-state index contributed by atoms with van der Waals surface area (Å²) < 4.78 is 0. The lowest BCUT2D eigenvalue weighted by Crippen LogP contribution is -2.34. The molecule has 3 N–H and O–H groups in total. The van der Waals surface area contributed by atoms with E-state index in [4.69, 9.17) is 18.0 Å². The van der Waals surface area contributed by atoms with Gasteiger partial charge in [0.15, 0.2) is 0 Å². The highest BCUT2D eigenvalue weighted by Gasteiger charge is 2.09.